The van der Waals surface area contributed by atoms with Crippen LogP contribution < -0.4 is 4.90 Å². The molecule has 29 heavy (non-hydrogen) atoms. The van der Waals surface area contributed by atoms with Crippen LogP contribution in [0.5, 0.6) is 0 Å². The Hall–Kier alpha value is -3.47. The number of anilines is 1. The van der Waals surface area contributed by atoms with Crippen LogP contribution in [0, 0.1) is 10.1 Å². The monoisotopic (exact) mass is 390 g/mol. The van der Waals surface area contributed by atoms with Gasteiger partial charge in [0.25, 0.3) is 5.54 Å². The number of hydrogen-bond acceptors (Lipinski definition) is 3. The molecule has 5 heteroatoms. The average molecular weight is 390 g/mol. The molecule has 2 atom stereocenters. The molecule has 0 fully saturated rings. The summed E-state index contributed by atoms with van der Waals surface area (Å²) in [4.78, 5) is 13.1. The fourth-order valence-electron chi connectivity index (χ4n) is 3.03. The van der Waals surface area contributed by atoms with Crippen molar-refractivity contribution in [3.05, 3.63) is 112 Å². The normalized spacial score (nSPS) is 21.5. The van der Waals surface area contributed by atoms with Crippen molar-refractivity contribution in [1.82, 2.24) is 0 Å². The Morgan fingerprint density at radius 2 is 1.66 bits per heavy atom. The van der Waals surface area contributed by atoms with Crippen LogP contribution in [-0.4, -0.2) is 30.7 Å². The van der Waals surface area contributed by atoms with E-state index in [9.17, 15) is 14.5 Å². The van der Waals surface area contributed by atoms with Gasteiger partial charge in [0.15, 0.2) is 6.17 Å². The molecule has 0 aliphatic heterocycles. The average Bonchev–Trinajstić information content (AvgIpc) is 2.72. The smallest absolute Gasteiger partial charge is 0.293 e. The lowest BCUT2D eigenvalue weighted by Crippen LogP contribution is -2.44. The zero-order valence-corrected chi connectivity index (χ0v) is 16.4. The molecule has 2 aromatic rings. The molecular formula is C24H23FN2O2. The molecule has 0 radical (unpaired) electrons. The van der Waals surface area contributed by atoms with E-state index >= 15 is 0 Å². The number of rotatable bonds is 6. The first kappa shape index (κ1) is 20.3. The number of benzene rings is 2. The van der Waals surface area contributed by atoms with E-state index in [0.29, 0.717) is 5.57 Å². The fraction of sp³-hybridized carbons (Fsp3) is 0.167. The maximum Gasteiger partial charge on any atom is 0.293 e. The van der Waals surface area contributed by atoms with Crippen molar-refractivity contribution < 1.29 is 9.31 Å². The van der Waals surface area contributed by atoms with E-state index in [0.717, 1.165) is 16.8 Å². The quantitative estimate of drug-likeness (QED) is 0.495. The van der Waals surface area contributed by atoms with Gasteiger partial charge in [0.2, 0.25) is 0 Å². The molecule has 0 N–H and O–H groups in total. The summed E-state index contributed by atoms with van der Waals surface area (Å²) in [5, 5.41) is 11.7. The van der Waals surface area contributed by atoms with Crippen LogP contribution in [0.15, 0.2) is 90.6 Å². The highest BCUT2D eigenvalue weighted by Gasteiger charge is 2.47. The van der Waals surface area contributed by atoms with E-state index in [-0.39, 0.29) is 0 Å². The third kappa shape index (κ3) is 4.69. The number of allylic oxidation sites excluding steroid dienone is 3. The maximum atomic E-state index is 14.9. The Morgan fingerprint density at radius 3 is 2.24 bits per heavy atom. The molecule has 2 aromatic carbocycles. The molecule has 0 bridgehead atoms. The Bertz CT molecular complexity index is 976. The summed E-state index contributed by atoms with van der Waals surface area (Å²) in [5.41, 5.74) is 1.46. The summed E-state index contributed by atoms with van der Waals surface area (Å²) in [6, 6.07) is 17.1. The van der Waals surface area contributed by atoms with Gasteiger partial charge < -0.3 is 4.90 Å². The molecule has 0 saturated carbocycles. The topological polar surface area (TPSA) is 46.4 Å². The molecule has 0 amide bonds. The summed E-state index contributed by atoms with van der Waals surface area (Å²) in [5.74, 6) is 0. The molecule has 2 unspecified atom stereocenters. The summed E-state index contributed by atoms with van der Waals surface area (Å²) in [7, 11) is 3.87. The van der Waals surface area contributed by atoms with Crippen LogP contribution in [0.25, 0.3) is 12.2 Å². The van der Waals surface area contributed by atoms with Gasteiger partial charge in [-0.05, 0) is 34.9 Å². The molecule has 1 aliphatic carbocycles. The van der Waals surface area contributed by atoms with Gasteiger partial charge in [-0.2, -0.15) is 0 Å². The van der Waals surface area contributed by atoms with Crippen LogP contribution in [0.3, 0.4) is 0 Å². The van der Waals surface area contributed by atoms with Crippen LogP contribution in [0.4, 0.5) is 10.1 Å². The predicted molar refractivity (Wildman–Crippen MR) is 117 cm³/mol. The van der Waals surface area contributed by atoms with Crippen molar-refractivity contribution in [1.29, 1.82) is 0 Å². The molecule has 0 saturated heterocycles. The Kier molecular flexibility index (Phi) is 6.07. The van der Waals surface area contributed by atoms with Gasteiger partial charge in [-0.1, -0.05) is 66.8 Å². The lowest BCUT2D eigenvalue weighted by Gasteiger charge is -2.23. The van der Waals surface area contributed by atoms with Gasteiger partial charge in [0, 0.05) is 36.9 Å². The second kappa shape index (κ2) is 8.69. The SMILES string of the molecule is CN(C)c1ccc(C=CC2([N+](=O)[O-])C=CC(C=Cc3ccccc3)=CC2F)cc1. The van der Waals surface area contributed by atoms with Gasteiger partial charge in [-0.15, -0.1) is 0 Å². The van der Waals surface area contributed by atoms with Gasteiger partial charge in [-0.3, -0.25) is 10.1 Å². The minimum Gasteiger partial charge on any atom is -0.378 e. The molecule has 1 aliphatic rings. The standard InChI is InChI=1S/C24H23FN2O2/c1-26(2)22-12-10-20(11-13-22)14-16-24(27(28)29)17-15-21(18-23(24)25)9-8-19-6-4-3-5-7-19/h3-18,23H,1-2H3. The fourth-order valence-corrected chi connectivity index (χ4v) is 3.03. The highest BCUT2D eigenvalue weighted by Crippen LogP contribution is 2.30. The first-order chi connectivity index (χ1) is 13.9. The van der Waals surface area contributed by atoms with Crippen molar-refractivity contribution >= 4 is 17.8 Å². The van der Waals surface area contributed by atoms with Gasteiger partial charge in [-0.25, -0.2) is 4.39 Å². The lowest BCUT2D eigenvalue weighted by atomic mass is 9.86. The van der Waals surface area contributed by atoms with E-state index in [1.54, 1.807) is 18.2 Å². The first-order valence-electron chi connectivity index (χ1n) is 9.30. The predicted octanol–water partition coefficient (Wildman–Crippen LogP) is 5.33. The minimum absolute atomic E-state index is 0.576. The summed E-state index contributed by atoms with van der Waals surface area (Å²) < 4.78 is 14.9. The number of nitrogens with zero attached hydrogens (tertiary/aromatic N) is 2. The third-order valence-electron chi connectivity index (χ3n) is 4.86. The van der Waals surface area contributed by atoms with Crippen molar-refractivity contribution in [2.45, 2.75) is 11.7 Å². The zero-order valence-electron chi connectivity index (χ0n) is 16.4. The van der Waals surface area contributed by atoms with E-state index < -0.39 is 16.6 Å². The van der Waals surface area contributed by atoms with Gasteiger partial charge in [0.1, 0.15) is 0 Å². The number of hydrogen-bond donors (Lipinski definition) is 0. The molecule has 4 nitrogen and oxygen atoms in total. The van der Waals surface area contributed by atoms with E-state index in [1.807, 2.05) is 79.7 Å². The van der Waals surface area contributed by atoms with Gasteiger partial charge >= 0.3 is 0 Å². The van der Waals surface area contributed by atoms with Crippen molar-refractivity contribution in [2.24, 2.45) is 0 Å². The number of alkyl halides is 1. The van der Waals surface area contributed by atoms with Crippen molar-refractivity contribution in [3.63, 3.8) is 0 Å². The number of halogens is 1. The van der Waals surface area contributed by atoms with Gasteiger partial charge in [0.05, 0.1) is 0 Å². The van der Waals surface area contributed by atoms with E-state index in [1.165, 1.54) is 18.2 Å². The van der Waals surface area contributed by atoms with Crippen LogP contribution in [-0.2, 0) is 0 Å². The Balaban J connectivity index is 1.80. The summed E-state index contributed by atoms with van der Waals surface area (Å²) in [6.07, 6.45) is 8.98. The first-order valence-corrected chi connectivity index (χ1v) is 9.30. The van der Waals surface area contributed by atoms with E-state index in [2.05, 4.69) is 0 Å². The highest BCUT2D eigenvalue weighted by atomic mass is 19.1. The summed E-state index contributed by atoms with van der Waals surface area (Å²) >= 11 is 0. The highest BCUT2D eigenvalue weighted by molar-refractivity contribution is 5.59. The van der Waals surface area contributed by atoms with Crippen molar-refractivity contribution in [2.75, 3.05) is 19.0 Å². The van der Waals surface area contributed by atoms with Crippen molar-refractivity contribution in [3.8, 4) is 0 Å². The second-order valence-corrected chi connectivity index (χ2v) is 7.11. The lowest BCUT2D eigenvalue weighted by molar-refractivity contribution is -0.547. The molecule has 3 rings (SSSR count). The number of nitro groups is 1. The third-order valence-corrected chi connectivity index (χ3v) is 4.86. The van der Waals surface area contributed by atoms with Crippen LogP contribution in [0.2, 0.25) is 0 Å². The molecule has 0 aromatic heterocycles. The molecule has 0 spiro atoms. The van der Waals surface area contributed by atoms with Crippen LogP contribution in [0.1, 0.15) is 11.1 Å². The minimum atomic E-state index is -1.91. The second-order valence-electron chi connectivity index (χ2n) is 7.11. The maximum absolute atomic E-state index is 14.9. The largest absolute Gasteiger partial charge is 0.378 e. The van der Waals surface area contributed by atoms with Crippen LogP contribution >= 0.6 is 0 Å². The summed E-state index contributed by atoms with van der Waals surface area (Å²) in [6.45, 7) is 0. The molecular weight excluding hydrogens is 367 g/mol. The zero-order chi connectivity index (χ0) is 20.9. The Morgan fingerprint density at radius 1 is 1.00 bits per heavy atom. The molecule has 0 heterocycles. The van der Waals surface area contributed by atoms with E-state index in [4.69, 9.17) is 0 Å². The molecule has 148 valence electrons. The Labute approximate surface area is 170 Å².